The molecule has 0 aromatic heterocycles. The molecule has 3 atom stereocenters. The third-order valence-corrected chi connectivity index (χ3v) is 2.31. The van der Waals surface area contributed by atoms with Crippen LogP contribution in [-0.4, -0.2) is 52.1 Å². The number of rotatable bonds is 3. The molecule has 0 radical (unpaired) electrons. The molecule has 1 aliphatic heterocycles. The fourth-order valence-corrected chi connectivity index (χ4v) is 1.60. The van der Waals surface area contributed by atoms with Gasteiger partial charge < -0.3 is 25.0 Å². The zero-order valence-corrected chi connectivity index (χ0v) is 10.9. The fourth-order valence-electron chi connectivity index (χ4n) is 1.60. The first-order valence-corrected chi connectivity index (χ1v) is 5.70. The Kier molecular flexibility index (Phi) is 4.35. The smallest absolute Gasteiger partial charge is 0.408 e. The molecule has 108 valence electrons. The normalized spacial score (nSPS) is 26.7. The van der Waals surface area contributed by atoms with E-state index in [1.165, 1.54) is 0 Å². The standard InChI is InChI=1S/C11H17NO7/c1-11(2,3)19-10(17)12-7-5(4-6(13)14)18-9(16)8(7)15/h5,7-8,15H,4H2,1-3H3,(H,12,17)(H,13,14)/t5?,7-,8-/m1/s1. The van der Waals surface area contributed by atoms with Crippen LogP contribution < -0.4 is 5.32 Å². The van der Waals surface area contributed by atoms with Crippen molar-refractivity contribution in [3.8, 4) is 0 Å². The Balaban J connectivity index is 2.69. The topological polar surface area (TPSA) is 122 Å². The predicted molar refractivity (Wildman–Crippen MR) is 61.3 cm³/mol. The molecule has 1 unspecified atom stereocenters. The number of alkyl carbamates (subject to hydrolysis) is 1. The van der Waals surface area contributed by atoms with E-state index in [1.54, 1.807) is 20.8 Å². The number of carbonyl (C=O) groups excluding carboxylic acids is 2. The number of carbonyl (C=O) groups is 3. The number of cyclic esters (lactones) is 1. The summed E-state index contributed by atoms with van der Waals surface area (Å²) in [7, 11) is 0. The Hall–Kier alpha value is -1.83. The molecule has 8 heteroatoms. The quantitative estimate of drug-likeness (QED) is 0.601. The van der Waals surface area contributed by atoms with Gasteiger partial charge in [0.2, 0.25) is 0 Å². The monoisotopic (exact) mass is 275 g/mol. The zero-order valence-electron chi connectivity index (χ0n) is 10.9. The number of amides is 1. The summed E-state index contributed by atoms with van der Waals surface area (Å²) in [5, 5.41) is 20.5. The van der Waals surface area contributed by atoms with Crippen molar-refractivity contribution in [2.45, 2.75) is 51.0 Å². The van der Waals surface area contributed by atoms with Gasteiger partial charge in [0.25, 0.3) is 0 Å². The second-order valence-electron chi connectivity index (χ2n) is 5.19. The number of hydrogen-bond donors (Lipinski definition) is 3. The van der Waals surface area contributed by atoms with Gasteiger partial charge in [-0.2, -0.15) is 0 Å². The molecule has 0 aromatic rings. The maximum Gasteiger partial charge on any atom is 0.408 e. The third-order valence-electron chi connectivity index (χ3n) is 2.31. The fraction of sp³-hybridized carbons (Fsp3) is 0.727. The van der Waals surface area contributed by atoms with E-state index in [2.05, 4.69) is 10.1 Å². The first-order chi connectivity index (χ1) is 8.60. The first-order valence-electron chi connectivity index (χ1n) is 5.70. The van der Waals surface area contributed by atoms with Crippen LogP contribution in [0, 0.1) is 0 Å². The van der Waals surface area contributed by atoms with Crippen LogP contribution >= 0.6 is 0 Å². The van der Waals surface area contributed by atoms with Crippen LogP contribution in [-0.2, 0) is 19.1 Å². The minimum atomic E-state index is -1.60. The second-order valence-corrected chi connectivity index (χ2v) is 5.19. The van der Waals surface area contributed by atoms with E-state index in [-0.39, 0.29) is 0 Å². The van der Waals surface area contributed by atoms with E-state index in [0.717, 1.165) is 0 Å². The summed E-state index contributed by atoms with van der Waals surface area (Å²) in [6, 6.07) is -1.14. The van der Waals surface area contributed by atoms with Gasteiger partial charge in [-0.05, 0) is 20.8 Å². The van der Waals surface area contributed by atoms with Crippen LogP contribution in [0.5, 0.6) is 0 Å². The Morgan fingerprint density at radius 2 is 2.00 bits per heavy atom. The SMILES string of the molecule is CC(C)(C)OC(=O)N[C@@H]1C(CC(=O)O)OC(=O)[C@@H]1O. The largest absolute Gasteiger partial charge is 0.481 e. The van der Waals surface area contributed by atoms with Crippen LogP contribution in [0.2, 0.25) is 0 Å². The van der Waals surface area contributed by atoms with Crippen LogP contribution in [0.1, 0.15) is 27.2 Å². The number of aliphatic carboxylic acids is 1. The number of nitrogens with one attached hydrogen (secondary N) is 1. The number of esters is 1. The Bertz CT molecular complexity index is 385. The van der Waals surface area contributed by atoms with Crippen molar-refractivity contribution in [3.05, 3.63) is 0 Å². The van der Waals surface area contributed by atoms with Crippen LogP contribution in [0.15, 0.2) is 0 Å². The highest BCUT2D eigenvalue weighted by atomic mass is 16.6. The van der Waals surface area contributed by atoms with Gasteiger partial charge in [0.05, 0.1) is 6.42 Å². The highest BCUT2D eigenvalue weighted by Crippen LogP contribution is 2.19. The van der Waals surface area contributed by atoms with Gasteiger partial charge in [0.1, 0.15) is 17.7 Å². The first kappa shape index (κ1) is 15.2. The van der Waals surface area contributed by atoms with Gasteiger partial charge in [-0.3, -0.25) is 4.79 Å². The highest BCUT2D eigenvalue weighted by molar-refractivity contribution is 5.81. The lowest BCUT2D eigenvalue weighted by Crippen LogP contribution is -2.49. The van der Waals surface area contributed by atoms with Gasteiger partial charge in [-0.25, -0.2) is 9.59 Å². The van der Waals surface area contributed by atoms with Gasteiger partial charge in [0.15, 0.2) is 6.10 Å². The number of ether oxygens (including phenoxy) is 2. The molecule has 1 heterocycles. The maximum absolute atomic E-state index is 11.5. The van der Waals surface area contributed by atoms with E-state index in [9.17, 15) is 19.5 Å². The summed E-state index contributed by atoms with van der Waals surface area (Å²) < 4.78 is 9.65. The molecule has 8 nitrogen and oxygen atoms in total. The highest BCUT2D eigenvalue weighted by Gasteiger charge is 2.46. The van der Waals surface area contributed by atoms with Crippen molar-refractivity contribution in [1.29, 1.82) is 0 Å². The maximum atomic E-state index is 11.5. The van der Waals surface area contributed by atoms with E-state index < -0.39 is 48.3 Å². The summed E-state index contributed by atoms with van der Waals surface area (Å²) in [6.45, 7) is 4.94. The van der Waals surface area contributed by atoms with Crippen molar-refractivity contribution in [3.63, 3.8) is 0 Å². The molecule has 0 aromatic carbocycles. The molecule has 0 bridgehead atoms. The number of carboxylic acid groups (broad SMARTS) is 1. The number of aliphatic hydroxyl groups is 1. The molecule has 3 N–H and O–H groups in total. The molecule has 1 fully saturated rings. The molecular formula is C11H17NO7. The molecule has 0 saturated carbocycles. The average molecular weight is 275 g/mol. The van der Waals surface area contributed by atoms with Crippen molar-refractivity contribution >= 4 is 18.0 Å². The van der Waals surface area contributed by atoms with E-state index in [4.69, 9.17) is 9.84 Å². The van der Waals surface area contributed by atoms with Gasteiger partial charge in [-0.15, -0.1) is 0 Å². The molecule has 1 rings (SSSR count). The summed E-state index contributed by atoms with van der Waals surface area (Å²) >= 11 is 0. The predicted octanol–water partition coefficient (Wildman–Crippen LogP) is -0.359. The van der Waals surface area contributed by atoms with E-state index >= 15 is 0 Å². The summed E-state index contributed by atoms with van der Waals surface area (Å²) in [5.74, 6) is -2.17. The molecule has 0 aliphatic carbocycles. The number of aliphatic hydroxyl groups excluding tert-OH is 1. The van der Waals surface area contributed by atoms with Gasteiger partial charge in [0, 0.05) is 0 Å². The molecule has 1 saturated heterocycles. The van der Waals surface area contributed by atoms with Crippen LogP contribution in [0.4, 0.5) is 4.79 Å². The van der Waals surface area contributed by atoms with E-state index in [0.29, 0.717) is 0 Å². The molecule has 19 heavy (non-hydrogen) atoms. The number of carboxylic acids is 1. The Morgan fingerprint density at radius 3 is 2.47 bits per heavy atom. The minimum absolute atomic E-state index is 0.511. The number of hydrogen-bond acceptors (Lipinski definition) is 6. The summed E-state index contributed by atoms with van der Waals surface area (Å²) in [4.78, 5) is 33.3. The van der Waals surface area contributed by atoms with Crippen molar-refractivity contribution in [2.75, 3.05) is 0 Å². The van der Waals surface area contributed by atoms with Gasteiger partial charge in [-0.1, -0.05) is 0 Å². The zero-order chi connectivity index (χ0) is 14.8. The van der Waals surface area contributed by atoms with Gasteiger partial charge >= 0.3 is 18.0 Å². The molecule has 1 aliphatic rings. The lowest BCUT2D eigenvalue weighted by atomic mass is 10.1. The van der Waals surface area contributed by atoms with Crippen LogP contribution in [0.25, 0.3) is 0 Å². The third kappa shape index (κ3) is 4.40. The minimum Gasteiger partial charge on any atom is -0.481 e. The van der Waals surface area contributed by atoms with Crippen molar-refractivity contribution in [2.24, 2.45) is 0 Å². The second kappa shape index (κ2) is 5.43. The molecule has 0 spiro atoms. The molecular weight excluding hydrogens is 258 g/mol. The lowest BCUT2D eigenvalue weighted by molar-refractivity contribution is -0.149. The Morgan fingerprint density at radius 1 is 1.42 bits per heavy atom. The van der Waals surface area contributed by atoms with Crippen molar-refractivity contribution < 1.29 is 34.1 Å². The molecule has 1 amide bonds. The Labute approximate surface area is 109 Å². The summed E-state index contributed by atoms with van der Waals surface area (Å²) in [6.07, 6.45) is -4.09. The van der Waals surface area contributed by atoms with Crippen LogP contribution in [0.3, 0.4) is 0 Å². The summed E-state index contributed by atoms with van der Waals surface area (Å²) in [5.41, 5.74) is -0.749. The average Bonchev–Trinajstić information content (AvgIpc) is 2.42. The lowest BCUT2D eigenvalue weighted by Gasteiger charge is -2.23. The van der Waals surface area contributed by atoms with Crippen molar-refractivity contribution in [1.82, 2.24) is 5.32 Å². The van der Waals surface area contributed by atoms with E-state index in [1.807, 2.05) is 0 Å².